The number of nitrogens with two attached hydrogens (primary N) is 1. The van der Waals surface area contributed by atoms with E-state index in [0.29, 0.717) is 67.7 Å². The zero-order valence-electron chi connectivity index (χ0n) is 24.4. The number of urea groups is 1. The van der Waals surface area contributed by atoms with Crippen LogP contribution < -0.4 is 21.1 Å². The van der Waals surface area contributed by atoms with E-state index in [9.17, 15) is 14.0 Å². The van der Waals surface area contributed by atoms with Gasteiger partial charge in [-0.1, -0.05) is 0 Å². The average Bonchev–Trinajstić information content (AvgIpc) is 3.47. The SMILES string of the molecule is C/N=C/COc1ccc(-c2cnc3c(Nc4ccc(C(=O)N5CCN(C(=O)NCCN)CC5)c(C)c4)nccn23)c(F)c1F. The smallest absolute Gasteiger partial charge is 0.317 e. The molecule has 5 rings (SSSR count). The molecule has 4 aromatic rings. The molecule has 2 aromatic carbocycles. The predicted octanol–water partition coefficient (Wildman–Crippen LogP) is 3.23. The van der Waals surface area contributed by atoms with Crippen molar-refractivity contribution in [3.05, 3.63) is 71.7 Å². The van der Waals surface area contributed by atoms with Crippen molar-refractivity contribution in [2.24, 2.45) is 10.7 Å². The van der Waals surface area contributed by atoms with E-state index >= 15 is 4.39 Å². The first-order valence-corrected chi connectivity index (χ1v) is 14.1. The number of carbonyl (C=O) groups excluding carboxylic acids is 2. The largest absolute Gasteiger partial charge is 0.485 e. The lowest BCUT2D eigenvalue weighted by atomic mass is 10.1. The molecule has 4 N–H and O–H groups in total. The fraction of sp³-hybridized carbons (Fsp3) is 0.300. The number of hydrogen-bond donors (Lipinski definition) is 3. The second kappa shape index (κ2) is 13.5. The molecule has 1 aliphatic heterocycles. The predicted molar refractivity (Wildman–Crippen MR) is 163 cm³/mol. The van der Waals surface area contributed by atoms with E-state index < -0.39 is 11.6 Å². The van der Waals surface area contributed by atoms with Gasteiger partial charge in [0.15, 0.2) is 23.0 Å². The molecular weight excluding hydrogens is 572 g/mol. The first-order valence-electron chi connectivity index (χ1n) is 14.1. The van der Waals surface area contributed by atoms with E-state index in [0.717, 1.165) is 5.56 Å². The van der Waals surface area contributed by atoms with Gasteiger partial charge in [0, 0.05) is 81.7 Å². The number of amides is 3. The van der Waals surface area contributed by atoms with Crippen molar-refractivity contribution < 1.29 is 23.1 Å². The van der Waals surface area contributed by atoms with E-state index in [1.807, 2.05) is 13.0 Å². The third-order valence-electron chi connectivity index (χ3n) is 7.24. The number of halogens is 2. The summed E-state index contributed by atoms with van der Waals surface area (Å²) >= 11 is 0. The number of imidazole rings is 1. The molecule has 0 spiro atoms. The van der Waals surface area contributed by atoms with Gasteiger partial charge in [-0.05, 0) is 42.8 Å². The van der Waals surface area contributed by atoms with Gasteiger partial charge in [0.2, 0.25) is 5.82 Å². The molecule has 1 fully saturated rings. The highest BCUT2D eigenvalue weighted by molar-refractivity contribution is 5.96. The number of fused-ring (bicyclic) bond motifs is 1. The molecule has 0 saturated carbocycles. The molecule has 0 atom stereocenters. The summed E-state index contributed by atoms with van der Waals surface area (Å²) in [5.74, 6) is -2.10. The molecule has 3 amide bonds. The Hall–Kier alpha value is -5.11. The van der Waals surface area contributed by atoms with Gasteiger partial charge in [0.1, 0.15) is 6.61 Å². The quantitative estimate of drug-likeness (QED) is 0.249. The van der Waals surface area contributed by atoms with Crippen LogP contribution >= 0.6 is 0 Å². The summed E-state index contributed by atoms with van der Waals surface area (Å²) in [6.45, 7) is 4.36. The Bertz CT molecular complexity index is 1700. The molecule has 1 aliphatic rings. The number of rotatable bonds is 9. The Kier molecular flexibility index (Phi) is 9.29. The standard InChI is InChI=1S/C30H33F2N9O3/c1-19-17-20(3-4-21(19)29(42)39-12-14-40(15-13-39)30(43)36-8-7-33)38-27-28-37-18-23(41(28)11-9-35-27)22-5-6-24(26(32)25(22)31)44-16-10-34-2/h3-6,9-11,17-18H,7-8,12-16,33H2,1-2H3,(H,35,38)(H,36,43)/b34-10+. The van der Waals surface area contributed by atoms with Crippen LogP contribution in [0.2, 0.25) is 0 Å². The fourth-order valence-electron chi connectivity index (χ4n) is 4.94. The van der Waals surface area contributed by atoms with Gasteiger partial charge in [-0.2, -0.15) is 4.39 Å². The summed E-state index contributed by atoms with van der Waals surface area (Å²) < 4.78 is 36.7. The van der Waals surface area contributed by atoms with Crippen LogP contribution in [-0.4, -0.2) is 95.2 Å². The zero-order valence-corrected chi connectivity index (χ0v) is 24.4. The van der Waals surface area contributed by atoms with Gasteiger partial charge < -0.3 is 30.9 Å². The van der Waals surface area contributed by atoms with E-state index in [4.69, 9.17) is 10.5 Å². The van der Waals surface area contributed by atoms with Crippen molar-refractivity contribution in [2.45, 2.75) is 6.92 Å². The summed E-state index contributed by atoms with van der Waals surface area (Å²) in [7, 11) is 1.56. The normalized spacial score (nSPS) is 13.5. The second-order valence-corrected chi connectivity index (χ2v) is 10.1. The number of hydrogen-bond acceptors (Lipinski definition) is 8. The maximum atomic E-state index is 15.1. The highest BCUT2D eigenvalue weighted by Crippen LogP contribution is 2.32. The fourth-order valence-corrected chi connectivity index (χ4v) is 4.94. The molecule has 3 heterocycles. The van der Waals surface area contributed by atoms with Gasteiger partial charge in [-0.15, -0.1) is 0 Å². The van der Waals surface area contributed by atoms with Crippen molar-refractivity contribution in [3.8, 4) is 17.0 Å². The minimum Gasteiger partial charge on any atom is -0.485 e. The van der Waals surface area contributed by atoms with Crippen molar-refractivity contribution in [1.82, 2.24) is 29.5 Å². The number of aliphatic imine (C=N–C) groups is 1. The molecule has 44 heavy (non-hydrogen) atoms. The molecule has 14 heteroatoms. The monoisotopic (exact) mass is 605 g/mol. The number of ether oxygens (including phenoxy) is 1. The van der Waals surface area contributed by atoms with E-state index in [-0.39, 0.29) is 29.9 Å². The maximum Gasteiger partial charge on any atom is 0.317 e. The zero-order chi connectivity index (χ0) is 31.2. The highest BCUT2D eigenvalue weighted by Gasteiger charge is 2.26. The van der Waals surface area contributed by atoms with Gasteiger partial charge in [-0.25, -0.2) is 19.2 Å². The molecule has 0 radical (unpaired) electrons. The highest BCUT2D eigenvalue weighted by atomic mass is 19.2. The van der Waals surface area contributed by atoms with Crippen LogP contribution in [0.4, 0.5) is 25.1 Å². The second-order valence-electron chi connectivity index (χ2n) is 10.1. The van der Waals surface area contributed by atoms with Crippen molar-refractivity contribution in [1.29, 1.82) is 0 Å². The maximum absolute atomic E-state index is 15.1. The third kappa shape index (κ3) is 6.29. The van der Waals surface area contributed by atoms with E-state index in [1.54, 1.807) is 39.6 Å². The number of aryl methyl sites for hydroxylation is 1. The first-order chi connectivity index (χ1) is 21.3. The van der Waals surface area contributed by atoms with Crippen molar-refractivity contribution in [2.75, 3.05) is 58.2 Å². The van der Waals surface area contributed by atoms with Crippen LogP contribution in [-0.2, 0) is 0 Å². The number of benzene rings is 2. The Morgan fingerprint density at radius 1 is 1.09 bits per heavy atom. The van der Waals surface area contributed by atoms with Crippen molar-refractivity contribution in [3.63, 3.8) is 0 Å². The summed E-state index contributed by atoms with van der Waals surface area (Å²) in [5, 5.41) is 5.97. The molecule has 230 valence electrons. The molecule has 0 unspecified atom stereocenters. The minimum absolute atomic E-state index is 0.0133. The summed E-state index contributed by atoms with van der Waals surface area (Å²) in [6, 6.07) is 7.96. The average molecular weight is 606 g/mol. The lowest BCUT2D eigenvalue weighted by molar-refractivity contribution is 0.0664. The number of anilines is 2. The summed E-state index contributed by atoms with van der Waals surface area (Å²) in [6.07, 6.45) is 6.02. The lowest BCUT2D eigenvalue weighted by Crippen LogP contribution is -2.53. The third-order valence-corrected chi connectivity index (χ3v) is 7.24. The van der Waals surface area contributed by atoms with E-state index in [1.165, 1.54) is 30.7 Å². The Morgan fingerprint density at radius 3 is 2.59 bits per heavy atom. The Morgan fingerprint density at radius 2 is 1.86 bits per heavy atom. The van der Waals surface area contributed by atoms with Crippen LogP contribution in [0.15, 0.2) is 53.9 Å². The Balaban J connectivity index is 1.30. The number of piperazine rings is 1. The number of carbonyl (C=O) groups is 2. The van der Waals surface area contributed by atoms with Crippen LogP contribution in [0.5, 0.6) is 5.75 Å². The van der Waals surface area contributed by atoms with Gasteiger partial charge in [-0.3, -0.25) is 14.2 Å². The minimum atomic E-state index is -1.10. The molecule has 1 saturated heterocycles. The first kappa shape index (κ1) is 30.4. The number of nitrogens with zero attached hydrogens (tertiary/aromatic N) is 6. The van der Waals surface area contributed by atoms with Crippen molar-refractivity contribution >= 4 is 35.3 Å². The van der Waals surface area contributed by atoms with Crippen LogP contribution in [0.25, 0.3) is 16.9 Å². The molecule has 0 aliphatic carbocycles. The van der Waals surface area contributed by atoms with Gasteiger partial charge in [0.25, 0.3) is 5.91 Å². The summed E-state index contributed by atoms with van der Waals surface area (Å²) in [4.78, 5) is 41.4. The summed E-state index contributed by atoms with van der Waals surface area (Å²) in [5.41, 5.74) is 8.16. The van der Waals surface area contributed by atoms with E-state index in [2.05, 4.69) is 25.6 Å². The molecule has 2 aromatic heterocycles. The van der Waals surface area contributed by atoms with Crippen LogP contribution in [0.3, 0.4) is 0 Å². The van der Waals surface area contributed by atoms with Crippen LogP contribution in [0.1, 0.15) is 15.9 Å². The number of aromatic nitrogens is 3. The van der Waals surface area contributed by atoms with Crippen LogP contribution in [0, 0.1) is 18.6 Å². The Labute approximate surface area is 252 Å². The molecule has 0 bridgehead atoms. The number of nitrogens with one attached hydrogen (secondary N) is 2. The molecule has 12 nitrogen and oxygen atoms in total. The van der Waals surface area contributed by atoms with Gasteiger partial charge >= 0.3 is 6.03 Å². The van der Waals surface area contributed by atoms with Gasteiger partial charge in [0.05, 0.1) is 11.9 Å². The molecular formula is C30H33F2N9O3. The topological polar surface area (TPSA) is 142 Å². The lowest BCUT2D eigenvalue weighted by Gasteiger charge is -2.35.